The number of hydrogen-bond acceptors (Lipinski definition) is 8. The monoisotopic (exact) mass is 558 g/mol. The molecule has 0 radical (unpaired) electrons. The number of esters is 2. The lowest BCUT2D eigenvalue weighted by Crippen LogP contribution is -2.59. The van der Waals surface area contributed by atoms with Crippen molar-refractivity contribution in [2.24, 2.45) is 23.2 Å². The van der Waals surface area contributed by atoms with E-state index in [0.717, 1.165) is 37.7 Å². The van der Waals surface area contributed by atoms with E-state index in [4.69, 9.17) is 23.7 Å². The molecular weight excluding hydrogens is 512 g/mol. The Bertz CT molecular complexity index is 1090. The lowest BCUT2D eigenvalue weighted by atomic mass is 9.57. The molecule has 0 unspecified atom stereocenters. The number of carbonyl (C=O) groups excluding carboxylic acids is 3. The van der Waals surface area contributed by atoms with Crippen LogP contribution in [-0.2, 0) is 38.1 Å². The highest BCUT2D eigenvalue weighted by Gasteiger charge is 2.68. The SMILES string of the molecule is C=C1CC[C@@H](CC[C@H]2CC[C@]3(OC2)O[C@H]2C[C@]3(C)OC(C)(C)C2=O)C(C)(C)[C@H]1[C@H](/C=C1\CCOC1=O)OC(C)=O. The molecule has 1 spiro atoms. The average molecular weight is 559 g/mol. The molecule has 8 heteroatoms. The first-order chi connectivity index (χ1) is 18.7. The van der Waals surface area contributed by atoms with Gasteiger partial charge in [-0.2, -0.15) is 0 Å². The Kier molecular flexibility index (Phi) is 7.63. The predicted molar refractivity (Wildman–Crippen MR) is 147 cm³/mol. The molecule has 2 bridgehead atoms. The molecule has 0 aromatic heterocycles. The first kappa shape index (κ1) is 29.5. The molecule has 0 aromatic rings. The molecule has 0 amide bonds. The molecule has 7 atom stereocenters. The van der Waals surface area contributed by atoms with E-state index in [1.54, 1.807) is 6.08 Å². The van der Waals surface area contributed by atoms with Gasteiger partial charge in [0.2, 0.25) is 0 Å². The Morgan fingerprint density at radius 3 is 2.50 bits per heavy atom. The van der Waals surface area contributed by atoms with Gasteiger partial charge in [0.25, 0.3) is 0 Å². The van der Waals surface area contributed by atoms with E-state index in [0.29, 0.717) is 49.9 Å². The number of Topliss-reactive ketones (excluding diaryl/α,β-unsaturated/α-hetero) is 1. The summed E-state index contributed by atoms with van der Waals surface area (Å²) >= 11 is 0. The topological polar surface area (TPSA) is 97.4 Å². The van der Waals surface area contributed by atoms with Gasteiger partial charge in [-0.15, -0.1) is 0 Å². The van der Waals surface area contributed by atoms with Gasteiger partial charge in [-0.3, -0.25) is 9.59 Å². The molecule has 40 heavy (non-hydrogen) atoms. The fourth-order valence-corrected chi connectivity index (χ4v) is 8.18. The minimum absolute atomic E-state index is 0.00392. The van der Waals surface area contributed by atoms with Gasteiger partial charge in [-0.05, 0) is 76.2 Å². The van der Waals surface area contributed by atoms with Crippen molar-refractivity contribution in [3.05, 3.63) is 23.8 Å². The summed E-state index contributed by atoms with van der Waals surface area (Å²) < 4.78 is 30.0. The van der Waals surface area contributed by atoms with Gasteiger partial charge in [-0.25, -0.2) is 4.79 Å². The zero-order valence-corrected chi connectivity index (χ0v) is 25.0. The molecule has 4 heterocycles. The van der Waals surface area contributed by atoms with Crippen LogP contribution in [0.3, 0.4) is 0 Å². The van der Waals surface area contributed by atoms with Gasteiger partial charge in [0, 0.05) is 37.7 Å². The Morgan fingerprint density at radius 1 is 1.12 bits per heavy atom. The Hall–Kier alpha value is -2.03. The molecule has 8 nitrogen and oxygen atoms in total. The normalized spacial score (nSPS) is 40.4. The summed E-state index contributed by atoms with van der Waals surface area (Å²) in [5.41, 5.74) is -0.0530. The number of hydrogen-bond donors (Lipinski definition) is 0. The van der Waals surface area contributed by atoms with Gasteiger partial charge in [0.15, 0.2) is 11.6 Å². The van der Waals surface area contributed by atoms with E-state index < -0.39 is 29.2 Å². The molecule has 1 saturated carbocycles. The summed E-state index contributed by atoms with van der Waals surface area (Å²) in [6.07, 6.45) is 7.44. The van der Waals surface area contributed by atoms with E-state index in [2.05, 4.69) is 20.4 Å². The van der Waals surface area contributed by atoms with Crippen LogP contribution in [0.2, 0.25) is 0 Å². The molecule has 222 valence electrons. The van der Waals surface area contributed by atoms with Gasteiger partial charge >= 0.3 is 11.9 Å². The van der Waals surface area contributed by atoms with Crippen molar-refractivity contribution in [2.45, 2.75) is 122 Å². The van der Waals surface area contributed by atoms with Crippen molar-refractivity contribution in [3.8, 4) is 0 Å². The van der Waals surface area contributed by atoms with Crippen molar-refractivity contribution < 1.29 is 38.1 Å². The standard InChI is InChI=1S/C32H46O8/c1-19-8-10-23(29(3,4)26(19)24(38-20(2)33)16-22-13-15-36-28(22)35)11-9-21-12-14-32(37-18-21)31(7)17-25(39-32)27(34)30(5,6)40-31/h16,21,23-26H,1,8-15,17-18H2,2-7H3/b22-16+/t21-,23-,24-,25-,26+,31-,32-/m0/s1. The number of ketones is 1. The summed E-state index contributed by atoms with van der Waals surface area (Å²) in [6, 6.07) is 0. The van der Waals surface area contributed by atoms with Crippen LogP contribution in [0, 0.1) is 23.2 Å². The van der Waals surface area contributed by atoms with Crippen LogP contribution >= 0.6 is 0 Å². The number of ether oxygens (including phenoxy) is 5. The highest BCUT2D eigenvalue weighted by molar-refractivity contribution is 5.92. The molecule has 5 rings (SSSR count). The fourth-order valence-electron chi connectivity index (χ4n) is 8.18. The summed E-state index contributed by atoms with van der Waals surface area (Å²) in [4.78, 5) is 37.1. The predicted octanol–water partition coefficient (Wildman–Crippen LogP) is 5.23. The van der Waals surface area contributed by atoms with Crippen LogP contribution in [0.1, 0.15) is 92.9 Å². The van der Waals surface area contributed by atoms with E-state index in [1.165, 1.54) is 6.92 Å². The lowest BCUT2D eigenvalue weighted by molar-refractivity contribution is -0.316. The second kappa shape index (κ2) is 10.4. The minimum atomic E-state index is -0.869. The molecule has 4 aliphatic heterocycles. The van der Waals surface area contributed by atoms with Crippen LogP contribution in [0.5, 0.6) is 0 Å². The maximum atomic E-state index is 12.8. The third kappa shape index (κ3) is 5.09. The fraction of sp³-hybridized carbons (Fsp3) is 0.781. The molecular formula is C32H46O8. The van der Waals surface area contributed by atoms with E-state index >= 15 is 0 Å². The maximum Gasteiger partial charge on any atom is 0.333 e. The molecule has 1 aliphatic carbocycles. The second-order valence-corrected chi connectivity index (χ2v) is 13.9. The minimum Gasteiger partial charge on any atom is -0.462 e. The Morgan fingerprint density at radius 2 is 1.88 bits per heavy atom. The largest absolute Gasteiger partial charge is 0.462 e. The van der Waals surface area contributed by atoms with E-state index in [9.17, 15) is 14.4 Å². The maximum absolute atomic E-state index is 12.8. The molecule has 0 aromatic carbocycles. The number of rotatable bonds is 6. The lowest BCUT2D eigenvalue weighted by Gasteiger charge is -2.49. The molecule has 4 saturated heterocycles. The first-order valence-corrected chi connectivity index (χ1v) is 15.0. The van der Waals surface area contributed by atoms with Crippen molar-refractivity contribution >= 4 is 17.7 Å². The zero-order chi connectivity index (χ0) is 29.1. The van der Waals surface area contributed by atoms with Crippen LogP contribution in [0.25, 0.3) is 0 Å². The van der Waals surface area contributed by atoms with Gasteiger partial charge in [-0.1, -0.05) is 26.0 Å². The van der Waals surface area contributed by atoms with Crippen molar-refractivity contribution in [1.82, 2.24) is 0 Å². The second-order valence-electron chi connectivity index (χ2n) is 13.9. The van der Waals surface area contributed by atoms with Crippen molar-refractivity contribution in [2.75, 3.05) is 13.2 Å². The summed E-state index contributed by atoms with van der Waals surface area (Å²) in [6.45, 7) is 16.9. The average Bonchev–Trinajstić information content (AvgIpc) is 3.36. The van der Waals surface area contributed by atoms with E-state index in [-0.39, 0.29) is 29.1 Å². The van der Waals surface area contributed by atoms with Crippen LogP contribution in [-0.4, -0.2) is 60.1 Å². The van der Waals surface area contributed by atoms with Gasteiger partial charge in [0.05, 0.1) is 13.2 Å². The Labute approximate surface area is 238 Å². The third-order valence-corrected chi connectivity index (χ3v) is 10.4. The highest BCUT2D eigenvalue weighted by Crippen LogP contribution is 2.55. The zero-order valence-electron chi connectivity index (χ0n) is 25.0. The molecule has 0 N–H and O–H groups in total. The van der Waals surface area contributed by atoms with Crippen LogP contribution in [0.4, 0.5) is 0 Å². The summed E-state index contributed by atoms with van der Waals surface area (Å²) in [5, 5.41) is 0. The highest BCUT2D eigenvalue weighted by atomic mass is 16.7. The molecule has 5 fully saturated rings. The van der Waals surface area contributed by atoms with Crippen LogP contribution < -0.4 is 0 Å². The Balaban J connectivity index is 1.24. The number of cyclic esters (lactones) is 1. The summed E-state index contributed by atoms with van der Waals surface area (Å²) in [5.74, 6) is -0.870. The number of carbonyl (C=O) groups is 3. The van der Waals surface area contributed by atoms with Crippen LogP contribution in [0.15, 0.2) is 23.8 Å². The summed E-state index contributed by atoms with van der Waals surface area (Å²) in [7, 11) is 0. The first-order valence-electron chi connectivity index (χ1n) is 15.0. The smallest absolute Gasteiger partial charge is 0.333 e. The molecule has 5 aliphatic rings. The third-order valence-electron chi connectivity index (χ3n) is 10.4. The van der Waals surface area contributed by atoms with Gasteiger partial charge in [0.1, 0.15) is 23.4 Å². The van der Waals surface area contributed by atoms with E-state index in [1.807, 2.05) is 20.8 Å². The quantitative estimate of drug-likeness (QED) is 0.248. The number of fused-ring (bicyclic) bond motifs is 3. The van der Waals surface area contributed by atoms with Crippen molar-refractivity contribution in [1.29, 1.82) is 0 Å². The van der Waals surface area contributed by atoms with Crippen molar-refractivity contribution in [3.63, 3.8) is 0 Å². The van der Waals surface area contributed by atoms with Gasteiger partial charge < -0.3 is 23.7 Å².